The van der Waals surface area contributed by atoms with Crippen LogP contribution in [-0.4, -0.2) is 21.0 Å². The lowest BCUT2D eigenvalue weighted by molar-refractivity contribution is -0.0603. The van der Waals surface area contributed by atoms with E-state index in [2.05, 4.69) is 27.2 Å². The van der Waals surface area contributed by atoms with Gasteiger partial charge in [-0.25, -0.2) is 0 Å². The molecule has 1 N–H and O–H groups in total. The molecule has 0 aliphatic heterocycles. The van der Waals surface area contributed by atoms with Gasteiger partial charge in [0, 0.05) is 6.04 Å². The minimum absolute atomic E-state index is 0.148. The van der Waals surface area contributed by atoms with Crippen molar-refractivity contribution in [1.29, 1.82) is 0 Å². The third-order valence-electron chi connectivity index (χ3n) is 5.93. The van der Waals surface area contributed by atoms with Gasteiger partial charge in [0.1, 0.15) is 0 Å². The fourth-order valence-electron chi connectivity index (χ4n) is 5.45. The van der Waals surface area contributed by atoms with Crippen molar-refractivity contribution >= 4 is 29.2 Å². The zero-order valence-corrected chi connectivity index (χ0v) is 13.7. The molecular formula is C15H20Cl2N4. The predicted octanol–water partition coefficient (Wildman–Crippen LogP) is 4.20. The van der Waals surface area contributed by atoms with Crippen LogP contribution in [0.2, 0.25) is 10.6 Å². The first-order chi connectivity index (χ1) is 10.0. The van der Waals surface area contributed by atoms with Crippen LogP contribution < -0.4 is 5.32 Å². The molecule has 1 aromatic heterocycles. The molecule has 1 unspecified atom stereocenters. The summed E-state index contributed by atoms with van der Waals surface area (Å²) >= 11 is 11.7. The van der Waals surface area contributed by atoms with Crippen LogP contribution in [0.25, 0.3) is 0 Å². The van der Waals surface area contributed by atoms with E-state index < -0.39 is 0 Å². The molecule has 4 saturated carbocycles. The standard InChI is InChI=1S/C15H20Cl2N4/c1-8(18-14-20-12(16)19-13(17)21-14)15-5-9-2-10(6-15)4-11(3-9)7-15/h8-11H,2-7H2,1H3,(H,18,19,20,21). The fraction of sp³-hybridized carbons (Fsp3) is 0.800. The van der Waals surface area contributed by atoms with Crippen molar-refractivity contribution in [3.8, 4) is 0 Å². The van der Waals surface area contributed by atoms with E-state index in [0.29, 0.717) is 17.4 Å². The Kier molecular flexibility index (Phi) is 3.30. The molecule has 0 radical (unpaired) electrons. The Morgan fingerprint density at radius 2 is 1.43 bits per heavy atom. The van der Waals surface area contributed by atoms with E-state index in [0.717, 1.165) is 17.8 Å². The summed E-state index contributed by atoms with van der Waals surface area (Å²) in [5.41, 5.74) is 0.403. The first kappa shape index (κ1) is 14.0. The summed E-state index contributed by atoms with van der Waals surface area (Å²) in [5, 5.41) is 3.75. The van der Waals surface area contributed by atoms with Gasteiger partial charge in [0.25, 0.3) is 0 Å². The van der Waals surface area contributed by atoms with E-state index >= 15 is 0 Å². The van der Waals surface area contributed by atoms with Gasteiger partial charge >= 0.3 is 0 Å². The molecule has 6 heteroatoms. The van der Waals surface area contributed by atoms with E-state index in [-0.39, 0.29) is 10.6 Å². The molecular weight excluding hydrogens is 307 g/mol. The summed E-state index contributed by atoms with van der Waals surface area (Å²) in [6.45, 7) is 2.26. The lowest BCUT2D eigenvalue weighted by Gasteiger charge is -2.59. The van der Waals surface area contributed by atoms with Gasteiger partial charge in [0.2, 0.25) is 16.5 Å². The van der Waals surface area contributed by atoms with Crippen molar-refractivity contribution in [3.05, 3.63) is 10.6 Å². The molecule has 4 aliphatic carbocycles. The topological polar surface area (TPSA) is 50.7 Å². The second kappa shape index (κ2) is 4.95. The van der Waals surface area contributed by atoms with Crippen molar-refractivity contribution in [2.45, 2.75) is 51.5 Å². The summed E-state index contributed by atoms with van der Waals surface area (Å²) in [4.78, 5) is 12.1. The lowest BCUT2D eigenvalue weighted by atomic mass is 9.48. The van der Waals surface area contributed by atoms with Gasteiger partial charge in [-0.3, -0.25) is 0 Å². The highest BCUT2D eigenvalue weighted by atomic mass is 35.5. The molecule has 21 heavy (non-hydrogen) atoms. The number of hydrogen-bond donors (Lipinski definition) is 1. The lowest BCUT2D eigenvalue weighted by Crippen LogP contribution is -2.53. The quantitative estimate of drug-likeness (QED) is 0.904. The second-order valence-electron chi connectivity index (χ2n) is 7.34. The Bertz CT molecular complexity index is 507. The van der Waals surface area contributed by atoms with Crippen LogP contribution in [0.4, 0.5) is 5.95 Å². The number of anilines is 1. The molecule has 4 nitrogen and oxygen atoms in total. The second-order valence-corrected chi connectivity index (χ2v) is 8.02. The van der Waals surface area contributed by atoms with Crippen LogP contribution in [0, 0.1) is 23.2 Å². The van der Waals surface area contributed by atoms with Crippen molar-refractivity contribution in [2.24, 2.45) is 23.2 Å². The van der Waals surface area contributed by atoms with Crippen LogP contribution in [0.5, 0.6) is 0 Å². The Morgan fingerprint density at radius 3 is 1.90 bits per heavy atom. The highest BCUT2D eigenvalue weighted by molar-refractivity contribution is 6.31. The summed E-state index contributed by atoms with van der Waals surface area (Å²) in [5.74, 6) is 3.31. The minimum atomic E-state index is 0.148. The van der Waals surface area contributed by atoms with Crippen LogP contribution in [-0.2, 0) is 0 Å². The maximum absolute atomic E-state index is 5.87. The zero-order valence-electron chi connectivity index (χ0n) is 12.1. The van der Waals surface area contributed by atoms with E-state index in [4.69, 9.17) is 23.2 Å². The Morgan fingerprint density at radius 1 is 0.952 bits per heavy atom. The van der Waals surface area contributed by atoms with Crippen LogP contribution in [0.15, 0.2) is 0 Å². The first-order valence-electron chi connectivity index (χ1n) is 7.86. The van der Waals surface area contributed by atoms with Gasteiger partial charge in [-0.15, -0.1) is 0 Å². The fourth-order valence-corrected chi connectivity index (χ4v) is 5.81. The molecule has 0 saturated heterocycles. The van der Waals surface area contributed by atoms with Gasteiger partial charge < -0.3 is 5.32 Å². The zero-order chi connectivity index (χ0) is 14.6. The van der Waals surface area contributed by atoms with E-state index in [1.165, 1.54) is 38.5 Å². The molecule has 5 rings (SSSR count). The molecule has 4 aliphatic rings. The van der Waals surface area contributed by atoms with Crippen molar-refractivity contribution in [3.63, 3.8) is 0 Å². The Balaban J connectivity index is 1.55. The molecule has 1 aromatic rings. The number of nitrogens with one attached hydrogen (secondary N) is 1. The molecule has 114 valence electrons. The molecule has 0 spiro atoms. The van der Waals surface area contributed by atoms with Gasteiger partial charge in [-0.2, -0.15) is 15.0 Å². The highest BCUT2D eigenvalue weighted by Crippen LogP contribution is 2.61. The maximum Gasteiger partial charge on any atom is 0.228 e. The monoisotopic (exact) mass is 326 g/mol. The molecule has 1 heterocycles. The smallest absolute Gasteiger partial charge is 0.228 e. The van der Waals surface area contributed by atoms with Gasteiger partial charge in [0.05, 0.1) is 0 Å². The first-order valence-corrected chi connectivity index (χ1v) is 8.62. The van der Waals surface area contributed by atoms with Crippen molar-refractivity contribution in [1.82, 2.24) is 15.0 Å². The van der Waals surface area contributed by atoms with Crippen LogP contribution in [0.3, 0.4) is 0 Å². The predicted molar refractivity (Wildman–Crippen MR) is 83.5 cm³/mol. The van der Waals surface area contributed by atoms with Crippen LogP contribution in [0.1, 0.15) is 45.4 Å². The number of nitrogens with zero attached hydrogens (tertiary/aromatic N) is 3. The molecule has 0 aromatic carbocycles. The van der Waals surface area contributed by atoms with Gasteiger partial charge in [-0.1, -0.05) is 0 Å². The number of halogens is 2. The molecule has 4 fully saturated rings. The maximum atomic E-state index is 5.87. The summed E-state index contributed by atoms with van der Waals surface area (Å²) in [7, 11) is 0. The third-order valence-corrected chi connectivity index (χ3v) is 6.27. The van der Waals surface area contributed by atoms with E-state index in [9.17, 15) is 0 Å². The summed E-state index contributed by atoms with van der Waals surface area (Å²) in [6.07, 6.45) is 8.40. The highest BCUT2D eigenvalue weighted by Gasteiger charge is 2.53. The summed E-state index contributed by atoms with van der Waals surface area (Å²) < 4.78 is 0. The Hall–Kier alpha value is -0.610. The van der Waals surface area contributed by atoms with Crippen LogP contribution >= 0.6 is 23.2 Å². The molecule has 1 atom stereocenters. The van der Waals surface area contributed by atoms with E-state index in [1.54, 1.807) is 0 Å². The average molecular weight is 327 g/mol. The number of rotatable bonds is 3. The normalized spacial score (nSPS) is 38.5. The number of hydrogen-bond acceptors (Lipinski definition) is 4. The van der Waals surface area contributed by atoms with Crippen molar-refractivity contribution in [2.75, 3.05) is 5.32 Å². The Labute approximate surface area is 135 Å². The number of aromatic nitrogens is 3. The minimum Gasteiger partial charge on any atom is -0.351 e. The van der Waals surface area contributed by atoms with E-state index in [1.807, 2.05) is 0 Å². The largest absolute Gasteiger partial charge is 0.351 e. The van der Waals surface area contributed by atoms with Crippen molar-refractivity contribution < 1.29 is 0 Å². The SMILES string of the molecule is CC(Nc1nc(Cl)nc(Cl)n1)C12CC3CC(CC(C3)C1)C2. The average Bonchev–Trinajstić information content (AvgIpc) is 2.35. The van der Waals surface area contributed by atoms with Gasteiger partial charge in [0.15, 0.2) is 0 Å². The third kappa shape index (κ3) is 2.50. The molecule has 0 amide bonds. The van der Waals surface area contributed by atoms with Gasteiger partial charge in [-0.05, 0) is 91.8 Å². The summed E-state index contributed by atoms with van der Waals surface area (Å²) in [6, 6.07) is 0.348. The molecule has 4 bridgehead atoms.